The molecule has 0 saturated heterocycles. The number of aryl methyl sites for hydroxylation is 1. The molecule has 1 aliphatic carbocycles. The molecule has 0 unspecified atom stereocenters. The zero-order valence-corrected chi connectivity index (χ0v) is 10.1. The van der Waals surface area contributed by atoms with E-state index in [2.05, 4.69) is 49.2 Å². The molecule has 1 N–H and O–H groups in total. The van der Waals surface area contributed by atoms with Crippen LogP contribution in [-0.4, -0.2) is 5.54 Å². The van der Waals surface area contributed by atoms with Crippen molar-refractivity contribution < 1.29 is 0 Å². The van der Waals surface area contributed by atoms with Crippen molar-refractivity contribution in [1.29, 1.82) is 0 Å². The maximum Gasteiger partial charge on any atom is 0.0408 e. The van der Waals surface area contributed by atoms with E-state index in [0.29, 0.717) is 0 Å². The summed E-state index contributed by atoms with van der Waals surface area (Å²) < 4.78 is 0. The number of hydrogen-bond acceptors (Lipinski definition) is 1. The third-order valence-electron chi connectivity index (χ3n) is 3.64. The molecule has 16 heavy (non-hydrogen) atoms. The van der Waals surface area contributed by atoms with Crippen LogP contribution in [0, 0.1) is 6.92 Å². The van der Waals surface area contributed by atoms with Gasteiger partial charge in [0.2, 0.25) is 0 Å². The molecule has 1 aliphatic rings. The van der Waals surface area contributed by atoms with E-state index in [1.807, 2.05) is 0 Å². The van der Waals surface area contributed by atoms with Crippen LogP contribution < -0.4 is 5.32 Å². The Bertz CT molecular complexity index is 361. The topological polar surface area (TPSA) is 12.0 Å². The zero-order chi connectivity index (χ0) is 11.4. The number of hydrogen-bond donors (Lipinski definition) is 1. The van der Waals surface area contributed by atoms with Crippen molar-refractivity contribution in [3.8, 4) is 0 Å². The van der Waals surface area contributed by atoms with Gasteiger partial charge in [-0.3, -0.25) is 0 Å². The number of benzene rings is 1. The molecule has 2 rings (SSSR count). The molecular weight excluding hydrogens is 194 g/mol. The molecule has 1 nitrogen and oxygen atoms in total. The highest BCUT2D eigenvalue weighted by Gasteiger charge is 2.32. The third kappa shape index (κ3) is 2.29. The highest BCUT2D eigenvalue weighted by atomic mass is 15.0. The molecule has 0 aliphatic heterocycles. The molecule has 0 atom stereocenters. The van der Waals surface area contributed by atoms with Gasteiger partial charge in [0.1, 0.15) is 0 Å². The van der Waals surface area contributed by atoms with Crippen LogP contribution in [0.2, 0.25) is 0 Å². The number of rotatable bonds is 4. The van der Waals surface area contributed by atoms with Crippen molar-refractivity contribution in [3.63, 3.8) is 0 Å². The van der Waals surface area contributed by atoms with Gasteiger partial charge >= 0.3 is 0 Å². The van der Waals surface area contributed by atoms with E-state index in [9.17, 15) is 0 Å². The van der Waals surface area contributed by atoms with Crippen molar-refractivity contribution in [2.75, 3.05) is 5.32 Å². The molecule has 0 radical (unpaired) electrons. The van der Waals surface area contributed by atoms with Crippen LogP contribution in [0.5, 0.6) is 0 Å². The summed E-state index contributed by atoms with van der Waals surface area (Å²) >= 11 is 0. The first-order chi connectivity index (χ1) is 7.76. The van der Waals surface area contributed by atoms with Gasteiger partial charge in [0.05, 0.1) is 0 Å². The zero-order valence-electron chi connectivity index (χ0n) is 10.1. The van der Waals surface area contributed by atoms with Crippen LogP contribution in [0.3, 0.4) is 0 Å². The molecule has 86 valence electrons. The lowest BCUT2D eigenvalue weighted by molar-refractivity contribution is 0.488. The molecular formula is C15H21N. The summed E-state index contributed by atoms with van der Waals surface area (Å²) in [6, 6.07) is 8.54. The molecule has 1 saturated carbocycles. The van der Waals surface area contributed by atoms with Gasteiger partial charge in [0.15, 0.2) is 0 Å². The van der Waals surface area contributed by atoms with Crippen molar-refractivity contribution in [1.82, 2.24) is 0 Å². The van der Waals surface area contributed by atoms with Gasteiger partial charge in [-0.2, -0.15) is 0 Å². The van der Waals surface area contributed by atoms with Crippen molar-refractivity contribution in [2.24, 2.45) is 0 Å². The molecule has 0 spiro atoms. The summed E-state index contributed by atoms with van der Waals surface area (Å²) in [5.74, 6) is 0. The average Bonchev–Trinajstić information content (AvgIpc) is 2.71. The Hall–Kier alpha value is -1.24. The number of nitrogens with one attached hydrogen (secondary N) is 1. The van der Waals surface area contributed by atoms with Crippen LogP contribution in [-0.2, 0) is 0 Å². The average molecular weight is 215 g/mol. The maximum absolute atomic E-state index is 3.89. The first-order valence-corrected chi connectivity index (χ1v) is 6.20. The van der Waals surface area contributed by atoms with Gasteiger partial charge in [-0.1, -0.05) is 37.1 Å². The van der Waals surface area contributed by atoms with E-state index in [1.165, 1.54) is 36.9 Å². The van der Waals surface area contributed by atoms with Crippen molar-refractivity contribution in [3.05, 3.63) is 42.5 Å². The molecule has 0 amide bonds. The van der Waals surface area contributed by atoms with Gasteiger partial charge in [-0.25, -0.2) is 0 Å². The van der Waals surface area contributed by atoms with Crippen LogP contribution in [0.1, 0.15) is 37.7 Å². The second kappa shape index (κ2) is 4.73. The molecule has 0 heterocycles. The Morgan fingerprint density at radius 2 is 2.00 bits per heavy atom. The van der Waals surface area contributed by atoms with Crippen LogP contribution in [0.25, 0.3) is 0 Å². The molecule has 1 fully saturated rings. The number of anilines is 1. The molecule has 1 aromatic carbocycles. The lowest BCUT2D eigenvalue weighted by atomic mass is 9.92. The normalized spacial score (nSPS) is 18.3. The minimum absolute atomic E-state index is 0.272. The summed E-state index contributed by atoms with van der Waals surface area (Å²) in [6.07, 6.45) is 8.35. The molecule has 1 heteroatoms. The Balaban J connectivity index is 2.17. The molecule has 1 aromatic rings. The monoisotopic (exact) mass is 215 g/mol. The van der Waals surface area contributed by atoms with Crippen molar-refractivity contribution in [2.45, 2.75) is 44.6 Å². The standard InChI is InChI=1S/C15H21N/c1-3-10-15(11-6-7-12-15)16-14-9-5-4-8-13(14)2/h3-5,8-9,16H,1,6-7,10-12H2,2H3. The van der Waals surface area contributed by atoms with Gasteiger partial charge < -0.3 is 5.32 Å². The van der Waals surface area contributed by atoms with Gasteiger partial charge in [-0.15, -0.1) is 6.58 Å². The minimum atomic E-state index is 0.272. The predicted molar refractivity (Wildman–Crippen MR) is 70.8 cm³/mol. The van der Waals surface area contributed by atoms with E-state index >= 15 is 0 Å². The van der Waals surface area contributed by atoms with Crippen LogP contribution in [0.4, 0.5) is 5.69 Å². The Labute approximate surface area is 98.6 Å². The molecule has 0 bridgehead atoms. The first kappa shape index (κ1) is 11.3. The highest BCUT2D eigenvalue weighted by molar-refractivity contribution is 5.52. The largest absolute Gasteiger partial charge is 0.379 e. The smallest absolute Gasteiger partial charge is 0.0408 e. The van der Waals surface area contributed by atoms with Crippen LogP contribution in [0.15, 0.2) is 36.9 Å². The summed E-state index contributed by atoms with van der Waals surface area (Å²) in [4.78, 5) is 0. The fraction of sp³-hybridized carbons (Fsp3) is 0.467. The Morgan fingerprint density at radius 1 is 1.31 bits per heavy atom. The van der Waals surface area contributed by atoms with E-state index in [4.69, 9.17) is 0 Å². The summed E-state index contributed by atoms with van der Waals surface area (Å²) in [5.41, 5.74) is 2.89. The second-order valence-electron chi connectivity index (χ2n) is 4.92. The van der Waals surface area contributed by atoms with Gasteiger partial charge in [-0.05, 0) is 37.8 Å². The third-order valence-corrected chi connectivity index (χ3v) is 3.64. The summed E-state index contributed by atoms with van der Waals surface area (Å²) in [5, 5.41) is 3.75. The first-order valence-electron chi connectivity index (χ1n) is 6.20. The van der Waals surface area contributed by atoms with Gasteiger partial charge in [0, 0.05) is 11.2 Å². The van der Waals surface area contributed by atoms with E-state index in [0.717, 1.165) is 6.42 Å². The van der Waals surface area contributed by atoms with E-state index in [-0.39, 0.29) is 5.54 Å². The Morgan fingerprint density at radius 3 is 2.62 bits per heavy atom. The van der Waals surface area contributed by atoms with Gasteiger partial charge in [0.25, 0.3) is 0 Å². The quantitative estimate of drug-likeness (QED) is 0.738. The fourth-order valence-corrected chi connectivity index (χ4v) is 2.71. The lowest BCUT2D eigenvalue weighted by Crippen LogP contribution is -2.34. The Kier molecular flexibility index (Phi) is 3.33. The summed E-state index contributed by atoms with van der Waals surface area (Å²) in [6.45, 7) is 6.06. The summed E-state index contributed by atoms with van der Waals surface area (Å²) in [7, 11) is 0. The van der Waals surface area contributed by atoms with E-state index < -0.39 is 0 Å². The number of para-hydroxylation sites is 1. The fourth-order valence-electron chi connectivity index (χ4n) is 2.71. The predicted octanol–water partition coefficient (Wildman–Crippen LogP) is 4.30. The lowest BCUT2D eigenvalue weighted by Gasteiger charge is -2.31. The second-order valence-corrected chi connectivity index (χ2v) is 4.92. The molecule has 0 aromatic heterocycles. The van der Waals surface area contributed by atoms with E-state index in [1.54, 1.807) is 0 Å². The maximum atomic E-state index is 3.89. The van der Waals surface area contributed by atoms with Crippen LogP contribution >= 0.6 is 0 Å². The highest BCUT2D eigenvalue weighted by Crippen LogP contribution is 2.36. The SMILES string of the molecule is C=CCC1(Nc2ccccc2C)CCCC1. The minimum Gasteiger partial charge on any atom is -0.379 e. The van der Waals surface area contributed by atoms with Crippen molar-refractivity contribution >= 4 is 5.69 Å².